The maximum atomic E-state index is 14.1. The molecule has 0 unspecified atom stereocenters. The smallest absolute Gasteiger partial charge is 0.410 e. The molecule has 0 aliphatic carbocycles. The number of hydrogen-bond donors (Lipinski definition) is 2. The Bertz CT molecular complexity index is 1780. The topological polar surface area (TPSA) is 154 Å². The molecule has 2 N–H and O–H groups in total. The first kappa shape index (κ1) is 29.9. The van der Waals surface area contributed by atoms with E-state index in [-0.39, 0.29) is 38.6 Å². The van der Waals surface area contributed by atoms with Gasteiger partial charge in [-0.15, -0.1) is 0 Å². The molecule has 1 saturated heterocycles. The van der Waals surface area contributed by atoms with Crippen LogP contribution in [0.3, 0.4) is 0 Å². The van der Waals surface area contributed by atoms with Crippen LogP contribution in [0.4, 0.5) is 9.18 Å². The Balaban J connectivity index is 1.21. The summed E-state index contributed by atoms with van der Waals surface area (Å²) in [6.07, 6.45) is 1.99. The number of amides is 2. The largest absolute Gasteiger partial charge is 0.501 e. The van der Waals surface area contributed by atoms with Gasteiger partial charge >= 0.3 is 6.09 Å². The first-order chi connectivity index (χ1) is 21.8. The Morgan fingerprint density at radius 1 is 1.13 bits per heavy atom. The van der Waals surface area contributed by atoms with Gasteiger partial charge in [0, 0.05) is 45.6 Å². The third kappa shape index (κ3) is 6.00. The number of nitrogens with zero attached hydrogens (tertiary/aromatic N) is 6. The van der Waals surface area contributed by atoms with E-state index < -0.39 is 40.4 Å². The minimum absolute atomic E-state index is 0.0744. The van der Waals surface area contributed by atoms with Gasteiger partial charge in [-0.25, -0.2) is 23.8 Å². The SMILES string of the molecule is Cc1ncnn1-c1cc(F)ccc1CNC(=O)c1nc2n(c(=O)c1O)CCCOC21CCN(C(=O)OCc2ccccc2)CC1. The number of aromatic hydroxyl groups is 1. The van der Waals surface area contributed by atoms with Crippen LogP contribution in [0.1, 0.15) is 52.5 Å². The normalized spacial score (nSPS) is 15.7. The van der Waals surface area contributed by atoms with E-state index in [1.54, 1.807) is 11.8 Å². The van der Waals surface area contributed by atoms with Crippen molar-refractivity contribution in [2.45, 2.75) is 51.5 Å². The van der Waals surface area contributed by atoms with Gasteiger partial charge in [-0.05, 0) is 36.6 Å². The highest BCUT2D eigenvalue weighted by atomic mass is 19.1. The van der Waals surface area contributed by atoms with Crippen molar-refractivity contribution in [2.75, 3.05) is 19.7 Å². The maximum Gasteiger partial charge on any atom is 0.410 e. The molecule has 4 aromatic rings. The van der Waals surface area contributed by atoms with Gasteiger partial charge in [-0.2, -0.15) is 5.10 Å². The standard InChI is InChI=1S/C31H32FN7O6/c1-20-34-19-35-39(20)24-16-23(32)9-8-22(24)17-33-27(41)25-26(40)28(42)38-12-5-15-45-31(29(38)36-25)10-13-37(14-11-31)30(43)44-18-21-6-3-2-4-7-21/h2-4,6-9,16,19,40H,5,10-15,17-18H2,1H3,(H,33,41). The molecule has 4 heterocycles. The molecular weight excluding hydrogens is 585 g/mol. The summed E-state index contributed by atoms with van der Waals surface area (Å²) in [7, 11) is 0. The summed E-state index contributed by atoms with van der Waals surface area (Å²) in [5, 5.41) is 17.6. The van der Waals surface area contributed by atoms with Gasteiger partial charge in [-0.3, -0.25) is 14.2 Å². The molecule has 1 fully saturated rings. The van der Waals surface area contributed by atoms with Crippen molar-refractivity contribution < 1.29 is 28.6 Å². The Labute approximate surface area is 257 Å². The highest BCUT2D eigenvalue weighted by molar-refractivity contribution is 5.94. The lowest BCUT2D eigenvalue weighted by Crippen LogP contribution is -2.49. The zero-order valence-electron chi connectivity index (χ0n) is 24.6. The third-order valence-corrected chi connectivity index (χ3v) is 8.14. The van der Waals surface area contributed by atoms with E-state index in [2.05, 4.69) is 20.4 Å². The third-order valence-electron chi connectivity index (χ3n) is 8.14. The van der Waals surface area contributed by atoms with Crippen molar-refractivity contribution in [2.24, 2.45) is 0 Å². The number of likely N-dealkylation sites (tertiary alicyclic amines) is 1. The first-order valence-electron chi connectivity index (χ1n) is 14.6. The zero-order valence-corrected chi connectivity index (χ0v) is 24.6. The van der Waals surface area contributed by atoms with Crippen LogP contribution in [0.25, 0.3) is 5.69 Å². The van der Waals surface area contributed by atoms with Crippen molar-refractivity contribution in [3.63, 3.8) is 0 Å². The highest BCUT2D eigenvalue weighted by Gasteiger charge is 2.44. The van der Waals surface area contributed by atoms with Crippen LogP contribution in [-0.2, 0) is 34.8 Å². The van der Waals surface area contributed by atoms with Gasteiger partial charge in [0.05, 0.1) is 5.69 Å². The lowest BCUT2D eigenvalue weighted by atomic mass is 9.89. The molecular formula is C31H32FN7O6. The van der Waals surface area contributed by atoms with Crippen LogP contribution in [-0.4, -0.2) is 66.0 Å². The summed E-state index contributed by atoms with van der Waals surface area (Å²) in [5.41, 5.74) is -0.467. The Morgan fingerprint density at radius 3 is 2.64 bits per heavy atom. The number of hydrogen-bond acceptors (Lipinski definition) is 9. The summed E-state index contributed by atoms with van der Waals surface area (Å²) >= 11 is 0. The molecule has 6 rings (SSSR count). The summed E-state index contributed by atoms with van der Waals surface area (Å²) in [6, 6.07) is 13.4. The number of aromatic nitrogens is 5. The van der Waals surface area contributed by atoms with Gasteiger partial charge < -0.3 is 24.8 Å². The van der Waals surface area contributed by atoms with Crippen LogP contribution in [0, 0.1) is 12.7 Å². The predicted octanol–water partition coefficient (Wildman–Crippen LogP) is 2.96. The van der Waals surface area contributed by atoms with Crippen molar-refractivity contribution in [1.82, 2.24) is 34.5 Å². The lowest BCUT2D eigenvalue weighted by Gasteiger charge is -2.40. The molecule has 234 valence electrons. The Hall–Kier alpha value is -5.11. The Kier molecular flexibility index (Phi) is 8.30. The monoisotopic (exact) mass is 617 g/mol. The number of ether oxygens (including phenoxy) is 2. The number of nitrogens with one attached hydrogen (secondary N) is 1. The lowest BCUT2D eigenvalue weighted by molar-refractivity contribution is -0.0894. The van der Waals surface area contributed by atoms with Crippen molar-refractivity contribution in [1.29, 1.82) is 0 Å². The van der Waals surface area contributed by atoms with Gasteiger partial charge in [0.2, 0.25) is 5.75 Å². The second-order valence-corrected chi connectivity index (χ2v) is 11.0. The predicted molar refractivity (Wildman–Crippen MR) is 157 cm³/mol. The van der Waals surface area contributed by atoms with Crippen LogP contribution in [0.15, 0.2) is 59.7 Å². The number of benzene rings is 2. The molecule has 13 nitrogen and oxygen atoms in total. The highest BCUT2D eigenvalue weighted by Crippen LogP contribution is 2.38. The fourth-order valence-electron chi connectivity index (χ4n) is 5.72. The molecule has 2 amide bonds. The number of piperidine rings is 1. The van der Waals surface area contributed by atoms with E-state index in [9.17, 15) is 23.9 Å². The second kappa shape index (κ2) is 12.5. The minimum Gasteiger partial charge on any atom is -0.501 e. The quantitative estimate of drug-likeness (QED) is 0.332. The second-order valence-electron chi connectivity index (χ2n) is 11.0. The van der Waals surface area contributed by atoms with E-state index >= 15 is 0 Å². The summed E-state index contributed by atoms with van der Waals surface area (Å²) < 4.78 is 28.7. The molecule has 0 saturated carbocycles. The number of aryl methyl sites for hydroxylation is 1. The maximum absolute atomic E-state index is 14.1. The van der Waals surface area contributed by atoms with Crippen molar-refractivity contribution >= 4 is 12.0 Å². The van der Waals surface area contributed by atoms with E-state index in [1.165, 1.54) is 33.8 Å². The molecule has 2 aromatic carbocycles. The molecule has 0 bridgehead atoms. The number of halogens is 1. The number of carbonyl (C=O) groups excluding carboxylic acids is 2. The number of rotatable bonds is 6. The van der Waals surface area contributed by atoms with Crippen molar-refractivity contribution in [3.05, 3.63) is 99.5 Å². The van der Waals surface area contributed by atoms with Crippen LogP contribution in [0.2, 0.25) is 0 Å². The minimum atomic E-state index is -1.05. The van der Waals surface area contributed by atoms with Gasteiger partial charge in [-0.1, -0.05) is 36.4 Å². The summed E-state index contributed by atoms with van der Waals surface area (Å²) in [5.74, 6) is -1.31. The molecule has 2 aliphatic rings. The van der Waals surface area contributed by atoms with E-state index in [0.717, 1.165) is 5.56 Å². The molecule has 45 heavy (non-hydrogen) atoms. The number of carbonyl (C=O) groups is 2. The van der Waals surface area contributed by atoms with E-state index in [1.807, 2.05) is 30.3 Å². The van der Waals surface area contributed by atoms with Crippen LogP contribution in [0.5, 0.6) is 5.75 Å². The van der Waals surface area contributed by atoms with Crippen molar-refractivity contribution in [3.8, 4) is 11.4 Å². The molecule has 2 aliphatic heterocycles. The molecule has 2 aromatic heterocycles. The molecule has 1 spiro atoms. The Morgan fingerprint density at radius 2 is 1.91 bits per heavy atom. The average molecular weight is 618 g/mol. The molecule has 14 heteroatoms. The average Bonchev–Trinajstić information content (AvgIpc) is 3.41. The van der Waals surface area contributed by atoms with Gasteiger partial charge in [0.15, 0.2) is 5.69 Å². The fraction of sp³-hybridized carbons (Fsp3) is 0.355. The van der Waals surface area contributed by atoms with E-state index in [4.69, 9.17) is 9.47 Å². The summed E-state index contributed by atoms with van der Waals surface area (Å²) in [4.78, 5) is 49.7. The summed E-state index contributed by atoms with van der Waals surface area (Å²) in [6.45, 7) is 2.92. The zero-order chi connectivity index (χ0) is 31.6. The van der Waals surface area contributed by atoms with E-state index in [0.29, 0.717) is 42.9 Å². The molecule has 0 atom stereocenters. The first-order valence-corrected chi connectivity index (χ1v) is 14.6. The fourth-order valence-corrected chi connectivity index (χ4v) is 5.72. The molecule has 0 radical (unpaired) electrons. The van der Waals surface area contributed by atoms with Crippen LogP contribution >= 0.6 is 0 Å². The van der Waals surface area contributed by atoms with Gasteiger partial charge in [0.1, 0.15) is 36.0 Å². The van der Waals surface area contributed by atoms with Crippen LogP contribution < -0.4 is 10.9 Å². The van der Waals surface area contributed by atoms with Gasteiger partial charge in [0.25, 0.3) is 11.5 Å². The number of fused-ring (bicyclic) bond motifs is 2.